The zero-order chi connectivity index (χ0) is 22.4. The first-order valence-corrected chi connectivity index (χ1v) is 10.2. The average Bonchev–Trinajstić information content (AvgIpc) is 2.68. The lowest BCUT2D eigenvalue weighted by atomic mass is 10.1. The van der Waals surface area contributed by atoms with Crippen LogP contribution in [-0.4, -0.2) is 40.7 Å². The van der Waals surface area contributed by atoms with Crippen molar-refractivity contribution in [3.63, 3.8) is 0 Å². The zero-order valence-electron chi connectivity index (χ0n) is 16.2. The third-order valence-electron chi connectivity index (χ3n) is 3.89. The molecular weight excluding hydrogens is 425 g/mol. The van der Waals surface area contributed by atoms with Gasteiger partial charge in [-0.2, -0.15) is 17.9 Å². The molecule has 0 aliphatic rings. The topological polar surface area (TPSA) is 93.7 Å². The predicted molar refractivity (Wildman–Crippen MR) is 104 cm³/mol. The Bertz CT molecular complexity index is 966. The van der Waals surface area contributed by atoms with Gasteiger partial charge in [0.05, 0.1) is 28.8 Å². The van der Waals surface area contributed by atoms with Crippen molar-refractivity contribution in [2.24, 2.45) is 0 Å². The summed E-state index contributed by atoms with van der Waals surface area (Å²) in [6.07, 6.45) is -4.63. The van der Waals surface area contributed by atoms with Crippen LogP contribution in [0.4, 0.5) is 18.9 Å². The van der Waals surface area contributed by atoms with E-state index in [4.69, 9.17) is 9.47 Å². The number of nitrogens with one attached hydrogen (secondary N) is 2. The van der Waals surface area contributed by atoms with Gasteiger partial charge in [-0.15, -0.1) is 0 Å². The Morgan fingerprint density at radius 2 is 1.77 bits per heavy atom. The normalized spacial score (nSPS) is 13.0. The monoisotopic (exact) mass is 446 g/mol. The second kappa shape index (κ2) is 9.92. The van der Waals surface area contributed by atoms with Crippen LogP contribution in [-0.2, 0) is 25.7 Å². The van der Waals surface area contributed by atoms with E-state index < -0.39 is 33.7 Å². The van der Waals surface area contributed by atoms with Crippen LogP contribution in [0.1, 0.15) is 12.5 Å². The summed E-state index contributed by atoms with van der Waals surface area (Å²) in [5, 5.41) is 2.29. The first kappa shape index (κ1) is 23.6. The highest BCUT2D eigenvalue weighted by Crippen LogP contribution is 2.35. The van der Waals surface area contributed by atoms with E-state index in [1.807, 2.05) is 0 Å². The molecule has 0 bridgehead atoms. The van der Waals surface area contributed by atoms with E-state index in [0.717, 1.165) is 18.2 Å². The second-order valence-electron chi connectivity index (χ2n) is 6.20. The van der Waals surface area contributed by atoms with E-state index in [2.05, 4.69) is 10.0 Å². The highest BCUT2D eigenvalue weighted by molar-refractivity contribution is 7.89. The predicted octanol–water partition coefficient (Wildman–Crippen LogP) is 3.04. The molecule has 2 aromatic carbocycles. The third kappa shape index (κ3) is 6.44. The van der Waals surface area contributed by atoms with E-state index in [1.165, 1.54) is 38.3 Å². The number of rotatable bonds is 9. The molecule has 0 aliphatic heterocycles. The van der Waals surface area contributed by atoms with Crippen LogP contribution in [0.25, 0.3) is 0 Å². The molecule has 2 N–H and O–H groups in total. The van der Waals surface area contributed by atoms with Crippen LogP contribution in [0.2, 0.25) is 0 Å². The number of carbonyl (C=O) groups is 1. The maximum atomic E-state index is 13.0. The summed E-state index contributed by atoms with van der Waals surface area (Å²) in [6, 6.07) is 8.72. The summed E-state index contributed by atoms with van der Waals surface area (Å²) in [5.41, 5.74) is -1.23. The van der Waals surface area contributed by atoms with E-state index in [9.17, 15) is 26.4 Å². The number of halogens is 3. The fourth-order valence-electron chi connectivity index (χ4n) is 2.36. The van der Waals surface area contributed by atoms with Gasteiger partial charge in [-0.1, -0.05) is 18.2 Å². The lowest BCUT2D eigenvalue weighted by Crippen LogP contribution is -2.41. The quantitative estimate of drug-likeness (QED) is 0.578. The van der Waals surface area contributed by atoms with Gasteiger partial charge in [0.15, 0.2) is 0 Å². The Morgan fingerprint density at radius 1 is 1.10 bits per heavy atom. The van der Waals surface area contributed by atoms with Crippen molar-refractivity contribution in [2.45, 2.75) is 24.0 Å². The maximum Gasteiger partial charge on any atom is 0.416 e. The standard InChI is InChI=1S/C19H21F3N2O5S/c1-13(24-30(26,27)15-6-4-3-5-7-15)18(25)23-16-12-14(19(20,21)22)8-9-17(16)29-11-10-28-2/h3-9,12-13,24H,10-11H2,1-2H3,(H,23,25)/t13-/m0/s1. The minimum atomic E-state index is -4.63. The van der Waals surface area contributed by atoms with Gasteiger partial charge in [-0.25, -0.2) is 8.42 Å². The Hall–Kier alpha value is -2.63. The van der Waals surface area contributed by atoms with Crippen molar-refractivity contribution in [3.8, 4) is 5.75 Å². The Morgan fingerprint density at radius 3 is 2.37 bits per heavy atom. The molecule has 1 atom stereocenters. The molecule has 0 heterocycles. The lowest BCUT2D eigenvalue weighted by Gasteiger charge is -2.18. The fraction of sp³-hybridized carbons (Fsp3) is 0.316. The molecule has 164 valence electrons. The maximum absolute atomic E-state index is 13.0. The number of sulfonamides is 1. The summed E-state index contributed by atoms with van der Waals surface area (Å²) >= 11 is 0. The van der Waals surface area contributed by atoms with Crippen LogP contribution in [0.15, 0.2) is 53.4 Å². The number of hydrogen-bond donors (Lipinski definition) is 2. The summed E-state index contributed by atoms with van der Waals surface area (Å²) in [6.45, 7) is 1.50. The van der Waals surface area contributed by atoms with Gasteiger partial charge in [0.2, 0.25) is 15.9 Å². The molecule has 11 heteroatoms. The number of hydrogen-bond acceptors (Lipinski definition) is 5. The third-order valence-corrected chi connectivity index (χ3v) is 5.45. The van der Waals surface area contributed by atoms with Gasteiger partial charge in [0.1, 0.15) is 12.4 Å². The number of ether oxygens (including phenoxy) is 2. The molecule has 1 amide bonds. The molecule has 0 aliphatic carbocycles. The number of benzene rings is 2. The first-order valence-electron chi connectivity index (χ1n) is 8.76. The van der Waals surface area contributed by atoms with Crippen LogP contribution in [0.5, 0.6) is 5.75 Å². The summed E-state index contributed by atoms with van der Waals surface area (Å²) in [7, 11) is -2.56. The number of alkyl halides is 3. The SMILES string of the molecule is COCCOc1ccc(C(F)(F)F)cc1NC(=O)[C@H](C)NS(=O)(=O)c1ccccc1. The summed E-state index contributed by atoms with van der Waals surface area (Å²) in [4.78, 5) is 12.4. The van der Waals surface area contributed by atoms with Gasteiger partial charge < -0.3 is 14.8 Å². The van der Waals surface area contributed by atoms with Crippen molar-refractivity contribution in [3.05, 3.63) is 54.1 Å². The van der Waals surface area contributed by atoms with E-state index in [-0.39, 0.29) is 29.5 Å². The zero-order valence-corrected chi connectivity index (χ0v) is 17.0. The smallest absolute Gasteiger partial charge is 0.416 e. The Kier molecular flexibility index (Phi) is 7.82. The molecule has 0 radical (unpaired) electrons. The van der Waals surface area contributed by atoms with Gasteiger partial charge in [0, 0.05) is 7.11 Å². The van der Waals surface area contributed by atoms with Gasteiger partial charge in [0.25, 0.3) is 0 Å². The van der Waals surface area contributed by atoms with Crippen molar-refractivity contribution in [1.82, 2.24) is 4.72 Å². The van der Waals surface area contributed by atoms with Crippen molar-refractivity contribution < 1.29 is 35.9 Å². The average molecular weight is 446 g/mol. The molecule has 0 unspecified atom stereocenters. The number of methoxy groups -OCH3 is 1. The minimum absolute atomic E-state index is 0.00786. The van der Waals surface area contributed by atoms with Gasteiger partial charge in [-0.05, 0) is 37.3 Å². The van der Waals surface area contributed by atoms with Crippen LogP contribution in [0, 0.1) is 0 Å². The number of amides is 1. The van der Waals surface area contributed by atoms with E-state index in [0.29, 0.717) is 0 Å². The van der Waals surface area contributed by atoms with Crippen molar-refractivity contribution in [1.29, 1.82) is 0 Å². The van der Waals surface area contributed by atoms with Gasteiger partial charge in [-0.3, -0.25) is 4.79 Å². The fourth-order valence-corrected chi connectivity index (χ4v) is 3.58. The highest BCUT2D eigenvalue weighted by atomic mass is 32.2. The lowest BCUT2D eigenvalue weighted by molar-refractivity contribution is -0.137. The largest absolute Gasteiger partial charge is 0.489 e. The molecule has 0 fully saturated rings. The minimum Gasteiger partial charge on any atom is -0.489 e. The van der Waals surface area contributed by atoms with Crippen LogP contribution in [0.3, 0.4) is 0 Å². The molecule has 0 saturated heterocycles. The van der Waals surface area contributed by atoms with Crippen molar-refractivity contribution >= 4 is 21.6 Å². The highest BCUT2D eigenvalue weighted by Gasteiger charge is 2.32. The van der Waals surface area contributed by atoms with Crippen LogP contribution < -0.4 is 14.8 Å². The molecule has 30 heavy (non-hydrogen) atoms. The molecule has 0 saturated carbocycles. The summed E-state index contributed by atoms with van der Waals surface area (Å²) < 4.78 is 76.2. The molecular formula is C19H21F3N2O5S. The molecule has 7 nitrogen and oxygen atoms in total. The van der Waals surface area contributed by atoms with Gasteiger partial charge >= 0.3 is 6.18 Å². The number of anilines is 1. The van der Waals surface area contributed by atoms with Crippen LogP contribution >= 0.6 is 0 Å². The number of carbonyl (C=O) groups excluding carboxylic acids is 1. The Balaban J connectivity index is 2.20. The Labute approximate surface area is 172 Å². The first-order chi connectivity index (χ1) is 14.0. The van der Waals surface area contributed by atoms with E-state index >= 15 is 0 Å². The van der Waals surface area contributed by atoms with Crippen molar-refractivity contribution in [2.75, 3.05) is 25.6 Å². The molecule has 0 aromatic heterocycles. The second-order valence-corrected chi connectivity index (χ2v) is 7.91. The molecule has 0 spiro atoms. The molecule has 2 aromatic rings. The van der Waals surface area contributed by atoms with E-state index in [1.54, 1.807) is 6.07 Å². The summed E-state index contributed by atoms with van der Waals surface area (Å²) in [5.74, 6) is -0.864. The molecule has 2 rings (SSSR count).